The van der Waals surface area contributed by atoms with Crippen LogP contribution >= 0.6 is 0 Å². The molecular weight excluding hydrogens is 320 g/mol. The van der Waals surface area contributed by atoms with E-state index in [0.29, 0.717) is 0 Å². The van der Waals surface area contributed by atoms with Crippen molar-refractivity contribution in [2.45, 2.75) is 0 Å². The van der Waals surface area contributed by atoms with Gasteiger partial charge in [-0.2, -0.15) is 9.99 Å². The summed E-state index contributed by atoms with van der Waals surface area (Å²) in [5, 5.41) is 6.21. The summed E-state index contributed by atoms with van der Waals surface area (Å²) in [5.74, 6) is 1.16. The molecule has 130 valence electrons. The Morgan fingerprint density at radius 1 is 1.00 bits per heavy atom. The summed E-state index contributed by atoms with van der Waals surface area (Å²) in [4.78, 5) is 17.9. The SMILES string of the molecule is C=CC(=O)OOC.c1ccc(Oc2ccccc2)cc1.c1cn[nH]c1. The van der Waals surface area contributed by atoms with Crippen molar-refractivity contribution in [2.24, 2.45) is 0 Å². The molecule has 1 heterocycles. The summed E-state index contributed by atoms with van der Waals surface area (Å²) >= 11 is 0. The van der Waals surface area contributed by atoms with Gasteiger partial charge in [-0.1, -0.05) is 43.0 Å². The minimum absolute atomic E-state index is 0.581. The molecule has 0 aliphatic rings. The van der Waals surface area contributed by atoms with Crippen molar-refractivity contribution >= 4 is 5.97 Å². The summed E-state index contributed by atoms with van der Waals surface area (Å²) in [6.45, 7) is 3.12. The number of para-hydroxylation sites is 2. The summed E-state index contributed by atoms with van der Waals surface area (Å²) in [7, 11) is 1.25. The van der Waals surface area contributed by atoms with Gasteiger partial charge in [0.2, 0.25) is 0 Å². The van der Waals surface area contributed by atoms with Gasteiger partial charge in [-0.25, -0.2) is 4.79 Å². The molecule has 0 fully saturated rings. The van der Waals surface area contributed by atoms with E-state index in [1.807, 2.05) is 66.7 Å². The number of aromatic nitrogens is 2. The monoisotopic (exact) mass is 340 g/mol. The zero-order valence-corrected chi connectivity index (χ0v) is 13.9. The molecule has 25 heavy (non-hydrogen) atoms. The second kappa shape index (κ2) is 13.1. The number of benzene rings is 2. The van der Waals surface area contributed by atoms with E-state index >= 15 is 0 Å². The number of nitrogens with one attached hydrogen (secondary N) is 1. The largest absolute Gasteiger partial charge is 0.457 e. The van der Waals surface area contributed by atoms with Gasteiger partial charge in [-0.3, -0.25) is 9.99 Å². The lowest BCUT2D eigenvalue weighted by molar-refractivity contribution is -0.249. The van der Waals surface area contributed by atoms with Gasteiger partial charge in [0.15, 0.2) is 0 Å². The molecule has 1 N–H and O–H groups in total. The molecule has 0 bridgehead atoms. The summed E-state index contributed by atoms with van der Waals surface area (Å²) in [6.07, 6.45) is 4.48. The Morgan fingerprint density at radius 3 is 1.84 bits per heavy atom. The van der Waals surface area contributed by atoms with Crippen LogP contribution in [0.4, 0.5) is 0 Å². The fourth-order valence-electron chi connectivity index (χ4n) is 1.44. The number of aromatic amines is 1. The molecule has 2 aromatic carbocycles. The molecule has 0 atom stereocenters. The Labute approximate surface area is 146 Å². The lowest BCUT2D eigenvalue weighted by atomic mass is 10.3. The van der Waals surface area contributed by atoms with Gasteiger partial charge in [-0.05, 0) is 30.3 Å². The Hall–Kier alpha value is -3.38. The average molecular weight is 340 g/mol. The zero-order chi connectivity index (χ0) is 18.2. The van der Waals surface area contributed by atoms with Gasteiger partial charge in [-0.15, -0.1) is 0 Å². The third kappa shape index (κ3) is 10.1. The first-order valence-corrected chi connectivity index (χ1v) is 7.35. The molecule has 0 amide bonds. The van der Waals surface area contributed by atoms with Gasteiger partial charge in [0.25, 0.3) is 0 Å². The Kier molecular flexibility index (Phi) is 10.3. The first kappa shape index (κ1) is 19.7. The highest BCUT2D eigenvalue weighted by Crippen LogP contribution is 2.19. The molecule has 0 radical (unpaired) electrons. The number of carbonyl (C=O) groups excluding carboxylic acids is 1. The van der Waals surface area contributed by atoms with E-state index in [1.165, 1.54) is 7.11 Å². The summed E-state index contributed by atoms with van der Waals surface area (Å²) < 4.78 is 5.58. The van der Waals surface area contributed by atoms with Gasteiger partial charge in [0.05, 0.1) is 7.11 Å². The van der Waals surface area contributed by atoms with Crippen molar-refractivity contribution in [3.05, 3.63) is 91.8 Å². The van der Waals surface area contributed by atoms with Crippen LogP contribution in [0.2, 0.25) is 0 Å². The number of H-pyrrole nitrogens is 1. The maximum atomic E-state index is 9.95. The fourth-order valence-corrected chi connectivity index (χ4v) is 1.44. The van der Waals surface area contributed by atoms with Crippen LogP contribution in [-0.4, -0.2) is 23.3 Å². The van der Waals surface area contributed by atoms with Crippen molar-refractivity contribution in [3.8, 4) is 11.5 Å². The summed E-state index contributed by atoms with van der Waals surface area (Å²) in [5.41, 5.74) is 0. The predicted molar refractivity (Wildman–Crippen MR) is 94.8 cm³/mol. The van der Waals surface area contributed by atoms with Crippen molar-refractivity contribution in [3.63, 3.8) is 0 Å². The van der Waals surface area contributed by atoms with Gasteiger partial charge < -0.3 is 4.74 Å². The molecular formula is C19H20N2O4. The van der Waals surface area contributed by atoms with E-state index in [0.717, 1.165) is 17.6 Å². The van der Waals surface area contributed by atoms with Crippen molar-refractivity contribution in [2.75, 3.05) is 7.11 Å². The molecule has 0 aliphatic carbocycles. The quantitative estimate of drug-likeness (QED) is 0.438. The molecule has 6 heteroatoms. The fraction of sp³-hybridized carbons (Fsp3) is 0.0526. The Morgan fingerprint density at radius 2 is 1.56 bits per heavy atom. The van der Waals surface area contributed by atoms with E-state index in [2.05, 4.69) is 26.6 Å². The number of carbonyl (C=O) groups is 1. The third-order valence-corrected chi connectivity index (χ3v) is 2.46. The molecule has 0 aliphatic heterocycles. The standard InChI is InChI=1S/C12H10O.C4H6O3.C3H4N2/c1-3-7-11(8-4-1)13-12-9-5-2-6-10-12;1-3-4(5)7-6-2;1-2-4-5-3-1/h1-10H;3H,1H2,2H3;1-3H,(H,4,5). The minimum atomic E-state index is -0.581. The molecule has 3 rings (SSSR count). The van der Waals surface area contributed by atoms with Crippen LogP contribution in [0.15, 0.2) is 91.8 Å². The lowest BCUT2D eigenvalue weighted by Crippen LogP contribution is -1.96. The van der Waals surface area contributed by atoms with Crippen LogP contribution in [0.3, 0.4) is 0 Å². The maximum Gasteiger partial charge on any atom is 0.365 e. The zero-order valence-electron chi connectivity index (χ0n) is 13.9. The van der Waals surface area contributed by atoms with Crippen LogP contribution < -0.4 is 4.74 Å². The van der Waals surface area contributed by atoms with Crippen LogP contribution in [0, 0.1) is 0 Å². The lowest BCUT2D eigenvalue weighted by Gasteiger charge is -2.03. The van der Waals surface area contributed by atoms with E-state index < -0.39 is 5.97 Å². The molecule has 1 aromatic heterocycles. The predicted octanol–water partition coefficient (Wildman–Crippen LogP) is 4.17. The molecule has 0 unspecified atom stereocenters. The van der Waals surface area contributed by atoms with Crippen molar-refractivity contribution in [1.82, 2.24) is 10.2 Å². The van der Waals surface area contributed by atoms with Gasteiger partial charge in [0.1, 0.15) is 11.5 Å². The maximum absolute atomic E-state index is 9.95. The average Bonchev–Trinajstić information content (AvgIpc) is 3.24. The van der Waals surface area contributed by atoms with Gasteiger partial charge >= 0.3 is 5.97 Å². The second-order valence-electron chi connectivity index (χ2n) is 4.27. The summed E-state index contributed by atoms with van der Waals surface area (Å²) in [6, 6.07) is 21.3. The van der Waals surface area contributed by atoms with Crippen molar-refractivity contribution in [1.29, 1.82) is 0 Å². The van der Waals surface area contributed by atoms with E-state index in [4.69, 9.17) is 4.74 Å². The van der Waals surface area contributed by atoms with E-state index in [9.17, 15) is 4.79 Å². The number of nitrogens with zero attached hydrogens (tertiary/aromatic N) is 1. The second-order valence-corrected chi connectivity index (χ2v) is 4.27. The number of rotatable bonds is 4. The highest BCUT2D eigenvalue weighted by Gasteiger charge is 1.92. The van der Waals surface area contributed by atoms with Gasteiger partial charge in [0, 0.05) is 18.5 Å². The Bertz CT molecular complexity index is 631. The van der Waals surface area contributed by atoms with Crippen LogP contribution in [0.1, 0.15) is 0 Å². The van der Waals surface area contributed by atoms with E-state index in [1.54, 1.807) is 12.4 Å². The third-order valence-electron chi connectivity index (χ3n) is 2.46. The molecule has 3 aromatic rings. The minimum Gasteiger partial charge on any atom is -0.457 e. The first-order valence-electron chi connectivity index (χ1n) is 7.35. The molecule has 6 nitrogen and oxygen atoms in total. The van der Waals surface area contributed by atoms with Crippen LogP contribution in [0.25, 0.3) is 0 Å². The first-order chi connectivity index (χ1) is 12.3. The normalized spacial score (nSPS) is 8.68. The molecule has 0 saturated carbocycles. The topological polar surface area (TPSA) is 73.4 Å². The van der Waals surface area contributed by atoms with Crippen LogP contribution in [0.5, 0.6) is 11.5 Å². The smallest absolute Gasteiger partial charge is 0.365 e. The number of hydrogen-bond acceptors (Lipinski definition) is 5. The van der Waals surface area contributed by atoms with E-state index in [-0.39, 0.29) is 0 Å². The molecule has 0 saturated heterocycles. The highest BCUT2D eigenvalue weighted by molar-refractivity contribution is 5.80. The van der Waals surface area contributed by atoms with Crippen molar-refractivity contribution < 1.29 is 19.3 Å². The molecule has 0 spiro atoms. The van der Waals surface area contributed by atoms with Crippen LogP contribution in [-0.2, 0) is 14.6 Å². The highest BCUT2D eigenvalue weighted by atomic mass is 17.2. The number of ether oxygens (including phenoxy) is 1. The number of hydrogen-bond donors (Lipinski definition) is 1. The Balaban J connectivity index is 0.000000219.